The number of nitro benzene ring substituents is 1. The number of hydrogen-bond acceptors (Lipinski definition) is 4. The molecular weight excluding hydrogens is 268 g/mol. The van der Waals surface area contributed by atoms with Gasteiger partial charge in [-0.2, -0.15) is 0 Å². The van der Waals surface area contributed by atoms with Crippen molar-refractivity contribution in [1.82, 2.24) is 5.32 Å². The minimum absolute atomic E-state index is 0.0678. The zero-order chi connectivity index (χ0) is 15.1. The fourth-order valence-corrected chi connectivity index (χ4v) is 1.97. The minimum atomic E-state index is -0.424. The SMILES string of the molecule is C[C@H](NCCOc1ccc([N+](=O)[O-])cc1)c1ccccc1. The number of ether oxygens (including phenoxy) is 1. The van der Waals surface area contributed by atoms with Crippen LogP contribution in [0.3, 0.4) is 0 Å². The van der Waals surface area contributed by atoms with Gasteiger partial charge in [-0.1, -0.05) is 30.3 Å². The van der Waals surface area contributed by atoms with Gasteiger partial charge in [0.15, 0.2) is 0 Å². The molecule has 0 heterocycles. The molecule has 2 rings (SSSR count). The molecule has 0 bridgehead atoms. The molecule has 0 spiro atoms. The summed E-state index contributed by atoms with van der Waals surface area (Å²) in [6.45, 7) is 3.31. The van der Waals surface area contributed by atoms with Crippen LogP contribution in [0.15, 0.2) is 54.6 Å². The first-order valence-corrected chi connectivity index (χ1v) is 6.82. The number of nitro groups is 1. The highest BCUT2D eigenvalue weighted by Gasteiger charge is 2.05. The standard InChI is InChI=1S/C16H18N2O3/c1-13(14-5-3-2-4-6-14)17-11-12-21-16-9-7-15(8-10-16)18(19)20/h2-10,13,17H,11-12H2,1H3/t13-/m0/s1. The number of nitrogens with one attached hydrogen (secondary N) is 1. The average molecular weight is 286 g/mol. The summed E-state index contributed by atoms with van der Waals surface area (Å²) in [5.74, 6) is 0.634. The molecule has 0 aliphatic carbocycles. The van der Waals surface area contributed by atoms with Gasteiger partial charge >= 0.3 is 0 Å². The van der Waals surface area contributed by atoms with Crippen molar-refractivity contribution in [3.63, 3.8) is 0 Å². The van der Waals surface area contributed by atoms with Gasteiger partial charge in [0, 0.05) is 24.7 Å². The Bertz CT molecular complexity index is 570. The molecule has 0 aliphatic heterocycles. The molecule has 2 aromatic carbocycles. The molecule has 1 atom stereocenters. The van der Waals surface area contributed by atoms with Crippen molar-refractivity contribution in [2.75, 3.05) is 13.2 Å². The monoisotopic (exact) mass is 286 g/mol. The van der Waals surface area contributed by atoms with E-state index in [0.29, 0.717) is 18.9 Å². The number of nitrogens with zero attached hydrogens (tertiary/aromatic N) is 1. The molecule has 0 aromatic heterocycles. The molecule has 0 radical (unpaired) electrons. The van der Waals surface area contributed by atoms with Crippen LogP contribution in [0, 0.1) is 10.1 Å². The Hall–Kier alpha value is -2.40. The lowest BCUT2D eigenvalue weighted by atomic mass is 10.1. The second-order valence-corrected chi connectivity index (χ2v) is 4.69. The minimum Gasteiger partial charge on any atom is -0.492 e. The van der Waals surface area contributed by atoms with E-state index in [1.165, 1.54) is 17.7 Å². The Kier molecular flexibility index (Phi) is 5.29. The molecule has 5 nitrogen and oxygen atoms in total. The van der Waals surface area contributed by atoms with Gasteiger partial charge in [-0.15, -0.1) is 0 Å². The van der Waals surface area contributed by atoms with E-state index in [1.54, 1.807) is 12.1 Å². The van der Waals surface area contributed by atoms with E-state index in [1.807, 2.05) is 18.2 Å². The fourth-order valence-electron chi connectivity index (χ4n) is 1.97. The van der Waals surface area contributed by atoms with Crippen LogP contribution in [0.1, 0.15) is 18.5 Å². The molecule has 21 heavy (non-hydrogen) atoms. The lowest BCUT2D eigenvalue weighted by molar-refractivity contribution is -0.384. The Balaban J connectivity index is 1.73. The normalized spacial score (nSPS) is 11.9. The van der Waals surface area contributed by atoms with Gasteiger partial charge in [-0.3, -0.25) is 10.1 Å². The van der Waals surface area contributed by atoms with E-state index < -0.39 is 4.92 Å². The number of hydrogen-bond donors (Lipinski definition) is 1. The van der Waals surface area contributed by atoms with E-state index >= 15 is 0 Å². The Morgan fingerprint density at radius 2 is 1.81 bits per heavy atom. The first-order valence-electron chi connectivity index (χ1n) is 6.82. The first-order chi connectivity index (χ1) is 10.2. The lowest BCUT2D eigenvalue weighted by Crippen LogP contribution is -2.24. The zero-order valence-corrected chi connectivity index (χ0v) is 11.9. The predicted molar refractivity (Wildman–Crippen MR) is 81.5 cm³/mol. The second kappa shape index (κ2) is 7.40. The number of non-ortho nitro benzene ring substituents is 1. The van der Waals surface area contributed by atoms with Gasteiger partial charge in [-0.05, 0) is 24.6 Å². The van der Waals surface area contributed by atoms with Crippen molar-refractivity contribution in [2.24, 2.45) is 0 Å². The molecular formula is C16H18N2O3. The second-order valence-electron chi connectivity index (χ2n) is 4.69. The summed E-state index contributed by atoms with van der Waals surface area (Å²) in [5, 5.41) is 13.9. The van der Waals surface area contributed by atoms with E-state index in [9.17, 15) is 10.1 Å². The van der Waals surface area contributed by atoms with Gasteiger partial charge < -0.3 is 10.1 Å². The molecule has 0 amide bonds. The molecule has 1 N–H and O–H groups in total. The maximum atomic E-state index is 10.5. The van der Waals surface area contributed by atoms with Crippen molar-refractivity contribution in [2.45, 2.75) is 13.0 Å². The molecule has 5 heteroatoms. The van der Waals surface area contributed by atoms with Crippen molar-refractivity contribution in [3.8, 4) is 5.75 Å². The quantitative estimate of drug-likeness (QED) is 0.482. The lowest BCUT2D eigenvalue weighted by Gasteiger charge is -2.14. The highest BCUT2D eigenvalue weighted by Crippen LogP contribution is 2.17. The first kappa shape index (κ1) is 15.0. The summed E-state index contributed by atoms with van der Waals surface area (Å²) >= 11 is 0. The molecule has 0 aliphatic rings. The smallest absolute Gasteiger partial charge is 0.269 e. The third kappa shape index (κ3) is 4.57. The van der Waals surface area contributed by atoms with Gasteiger partial charge in [0.25, 0.3) is 5.69 Å². The zero-order valence-electron chi connectivity index (χ0n) is 11.9. The van der Waals surface area contributed by atoms with Gasteiger partial charge in [0.05, 0.1) is 4.92 Å². The fraction of sp³-hybridized carbons (Fsp3) is 0.250. The highest BCUT2D eigenvalue weighted by molar-refractivity contribution is 5.35. The van der Waals surface area contributed by atoms with Crippen LogP contribution in [0.4, 0.5) is 5.69 Å². The third-order valence-electron chi connectivity index (χ3n) is 3.17. The highest BCUT2D eigenvalue weighted by atomic mass is 16.6. The van der Waals surface area contributed by atoms with Crippen LogP contribution in [0.2, 0.25) is 0 Å². The summed E-state index contributed by atoms with van der Waals surface area (Å²) in [6.07, 6.45) is 0. The van der Waals surface area contributed by atoms with Crippen molar-refractivity contribution >= 4 is 5.69 Å². The molecule has 110 valence electrons. The topological polar surface area (TPSA) is 64.4 Å². The average Bonchev–Trinajstić information content (AvgIpc) is 2.52. The Labute approximate surface area is 123 Å². The Morgan fingerprint density at radius 1 is 1.14 bits per heavy atom. The van der Waals surface area contributed by atoms with Crippen LogP contribution in [-0.4, -0.2) is 18.1 Å². The molecule has 0 fully saturated rings. The van der Waals surface area contributed by atoms with Crippen molar-refractivity contribution in [1.29, 1.82) is 0 Å². The van der Waals surface area contributed by atoms with Crippen LogP contribution >= 0.6 is 0 Å². The largest absolute Gasteiger partial charge is 0.492 e. The number of benzene rings is 2. The van der Waals surface area contributed by atoms with Gasteiger partial charge in [0.1, 0.15) is 12.4 Å². The van der Waals surface area contributed by atoms with E-state index in [0.717, 1.165) is 0 Å². The van der Waals surface area contributed by atoms with Crippen LogP contribution in [-0.2, 0) is 0 Å². The third-order valence-corrected chi connectivity index (χ3v) is 3.17. The molecule has 0 saturated heterocycles. The van der Waals surface area contributed by atoms with Crippen LogP contribution < -0.4 is 10.1 Å². The Morgan fingerprint density at radius 3 is 2.43 bits per heavy atom. The maximum Gasteiger partial charge on any atom is 0.269 e. The summed E-state index contributed by atoms with van der Waals surface area (Å²) in [7, 11) is 0. The van der Waals surface area contributed by atoms with Crippen LogP contribution in [0.25, 0.3) is 0 Å². The molecule has 0 unspecified atom stereocenters. The summed E-state index contributed by atoms with van der Waals surface area (Å²) in [6, 6.07) is 16.5. The summed E-state index contributed by atoms with van der Waals surface area (Å²) in [4.78, 5) is 10.1. The van der Waals surface area contributed by atoms with E-state index in [2.05, 4.69) is 24.4 Å². The van der Waals surface area contributed by atoms with Crippen LogP contribution in [0.5, 0.6) is 5.75 Å². The summed E-state index contributed by atoms with van der Waals surface area (Å²) < 4.78 is 5.54. The van der Waals surface area contributed by atoms with Gasteiger partial charge in [0.2, 0.25) is 0 Å². The van der Waals surface area contributed by atoms with Crippen molar-refractivity contribution < 1.29 is 9.66 Å². The number of rotatable bonds is 7. The van der Waals surface area contributed by atoms with E-state index in [-0.39, 0.29) is 11.7 Å². The van der Waals surface area contributed by atoms with E-state index in [4.69, 9.17) is 4.74 Å². The molecule has 0 saturated carbocycles. The van der Waals surface area contributed by atoms with Gasteiger partial charge in [-0.25, -0.2) is 0 Å². The molecule has 2 aromatic rings. The summed E-state index contributed by atoms with van der Waals surface area (Å²) in [5.41, 5.74) is 1.30. The maximum absolute atomic E-state index is 10.5. The van der Waals surface area contributed by atoms with Crippen molar-refractivity contribution in [3.05, 3.63) is 70.3 Å². The predicted octanol–water partition coefficient (Wildman–Crippen LogP) is 3.32.